The highest BCUT2D eigenvalue weighted by Gasteiger charge is 2.14. The monoisotopic (exact) mass is 560 g/mol. The van der Waals surface area contributed by atoms with E-state index in [0.29, 0.717) is 0 Å². The number of rotatable bonds is 9. The summed E-state index contributed by atoms with van der Waals surface area (Å²) in [5.74, 6) is 0. The Kier molecular flexibility index (Phi) is 8.30. The highest BCUT2D eigenvalue weighted by atomic mass is 15.1. The van der Waals surface area contributed by atoms with E-state index in [1.54, 1.807) is 0 Å². The average molecular weight is 561 g/mol. The van der Waals surface area contributed by atoms with Crippen LogP contribution in [0, 0.1) is 0 Å². The molecule has 6 rings (SSSR count). The maximum atomic E-state index is 5.14. The average Bonchev–Trinajstić information content (AvgIpc) is 3.06. The summed E-state index contributed by atoms with van der Waals surface area (Å²) >= 11 is 0. The van der Waals surface area contributed by atoms with Crippen LogP contribution in [0.2, 0.25) is 0 Å². The van der Waals surface area contributed by atoms with Crippen LogP contribution in [0.4, 0.5) is 22.7 Å². The summed E-state index contributed by atoms with van der Waals surface area (Å²) in [5.41, 5.74) is 12.2. The fourth-order valence-electron chi connectivity index (χ4n) is 5.33. The van der Waals surface area contributed by atoms with Gasteiger partial charge in [0.05, 0.1) is 11.4 Å². The van der Waals surface area contributed by atoms with E-state index in [9.17, 15) is 0 Å². The minimum Gasteiger partial charge on any atom is -0.378 e. The van der Waals surface area contributed by atoms with Gasteiger partial charge in [-0.1, -0.05) is 84.9 Å². The molecule has 0 unspecified atom stereocenters. The number of nitrogens with zero attached hydrogens (tertiary/aromatic N) is 3. The van der Waals surface area contributed by atoms with Crippen LogP contribution in [0.5, 0.6) is 0 Å². The largest absolute Gasteiger partial charge is 0.378 e. The Labute approximate surface area is 254 Å². The van der Waals surface area contributed by atoms with Gasteiger partial charge >= 0.3 is 0 Å². The summed E-state index contributed by atoms with van der Waals surface area (Å²) in [6, 6.07) is 51.5. The lowest BCUT2D eigenvalue weighted by atomic mass is 9.99. The Hall–Kier alpha value is -5.19. The van der Waals surface area contributed by atoms with E-state index in [1.165, 1.54) is 5.56 Å². The second kappa shape index (κ2) is 12.8. The smallest absolute Gasteiger partial charge is 0.0715 e. The number of pyridine rings is 1. The quantitative estimate of drug-likeness (QED) is 0.191. The minimum atomic E-state index is 0.840. The molecule has 0 atom stereocenters. The Morgan fingerprint density at radius 2 is 0.930 bits per heavy atom. The predicted molar refractivity (Wildman–Crippen MR) is 182 cm³/mol. The van der Waals surface area contributed by atoms with Gasteiger partial charge in [0.1, 0.15) is 0 Å². The summed E-state index contributed by atoms with van der Waals surface area (Å²) in [6.45, 7) is 0.840. The van der Waals surface area contributed by atoms with Crippen molar-refractivity contribution in [3.63, 3.8) is 0 Å². The second-order valence-corrected chi connectivity index (χ2v) is 10.8. The summed E-state index contributed by atoms with van der Waals surface area (Å²) in [7, 11) is 6.09. The van der Waals surface area contributed by atoms with E-state index in [1.807, 2.05) is 7.05 Å². The summed E-state index contributed by atoms with van der Waals surface area (Å²) in [6.07, 6.45) is 0. The molecule has 1 heterocycles. The lowest BCUT2D eigenvalue weighted by Crippen LogP contribution is -2.09. The molecular weight excluding hydrogens is 524 g/mol. The van der Waals surface area contributed by atoms with Crippen LogP contribution in [0.3, 0.4) is 0 Å². The first kappa shape index (κ1) is 28.0. The molecule has 0 amide bonds. The molecule has 1 aromatic heterocycles. The maximum Gasteiger partial charge on any atom is 0.0715 e. The number of hydrogen-bond donors (Lipinski definition) is 1. The van der Waals surface area contributed by atoms with E-state index in [4.69, 9.17) is 4.98 Å². The molecule has 0 radical (unpaired) electrons. The van der Waals surface area contributed by atoms with E-state index in [2.05, 4.69) is 175 Å². The lowest BCUT2D eigenvalue weighted by molar-refractivity contribution is 0.818. The first-order valence-electron chi connectivity index (χ1n) is 14.6. The van der Waals surface area contributed by atoms with Crippen molar-refractivity contribution in [1.82, 2.24) is 10.3 Å². The van der Waals surface area contributed by atoms with Gasteiger partial charge in [-0.05, 0) is 84.4 Å². The third-order valence-electron chi connectivity index (χ3n) is 7.62. The van der Waals surface area contributed by atoms with E-state index in [0.717, 1.165) is 62.9 Å². The molecular formula is C39H36N4. The van der Waals surface area contributed by atoms with Crippen molar-refractivity contribution in [2.75, 3.05) is 30.9 Å². The number of hydrogen-bond acceptors (Lipinski definition) is 4. The van der Waals surface area contributed by atoms with Crippen molar-refractivity contribution in [3.05, 3.63) is 151 Å². The SMILES string of the molecule is CNCc1ccc(-c2cc(-c3ccc(N(c4ccccc4)c4ccccc4)cc3)cc(-c3ccc(N(C)C)cc3)n2)cc1. The fraction of sp³-hybridized carbons (Fsp3) is 0.103. The van der Waals surface area contributed by atoms with Gasteiger partial charge in [0.2, 0.25) is 0 Å². The lowest BCUT2D eigenvalue weighted by Gasteiger charge is -2.25. The van der Waals surface area contributed by atoms with Crippen LogP contribution in [-0.4, -0.2) is 26.1 Å². The summed E-state index contributed by atoms with van der Waals surface area (Å²) in [4.78, 5) is 9.53. The second-order valence-electron chi connectivity index (χ2n) is 10.8. The zero-order valence-corrected chi connectivity index (χ0v) is 24.9. The predicted octanol–water partition coefficient (Wildman–Crippen LogP) is 9.34. The van der Waals surface area contributed by atoms with Gasteiger partial charge in [0.15, 0.2) is 0 Å². The van der Waals surface area contributed by atoms with Crippen molar-refractivity contribution < 1.29 is 0 Å². The zero-order chi connectivity index (χ0) is 29.6. The molecule has 0 saturated heterocycles. The molecule has 0 aliphatic carbocycles. The molecule has 43 heavy (non-hydrogen) atoms. The minimum absolute atomic E-state index is 0.840. The normalized spacial score (nSPS) is 10.9. The molecule has 0 bridgehead atoms. The molecule has 0 fully saturated rings. The number of aromatic nitrogens is 1. The first-order chi connectivity index (χ1) is 21.1. The van der Waals surface area contributed by atoms with Crippen LogP contribution in [-0.2, 0) is 6.54 Å². The Morgan fingerprint density at radius 1 is 0.488 bits per heavy atom. The molecule has 4 heteroatoms. The Morgan fingerprint density at radius 3 is 1.42 bits per heavy atom. The molecule has 212 valence electrons. The standard InChI is InChI=1S/C39H36N4/c1-40-28-29-14-16-31(17-15-29)38-26-33(27-39(41-38)32-20-22-34(23-21-32)42(2)3)30-18-24-37(25-19-30)43(35-10-6-4-7-11-35)36-12-8-5-9-13-36/h4-27,40H,28H2,1-3H3. The number of benzene rings is 5. The maximum absolute atomic E-state index is 5.14. The van der Waals surface area contributed by atoms with Crippen LogP contribution in [0.25, 0.3) is 33.6 Å². The summed E-state index contributed by atoms with van der Waals surface area (Å²) < 4.78 is 0. The summed E-state index contributed by atoms with van der Waals surface area (Å²) in [5, 5.41) is 3.23. The zero-order valence-electron chi connectivity index (χ0n) is 24.9. The van der Waals surface area contributed by atoms with Crippen LogP contribution in [0.1, 0.15) is 5.56 Å². The molecule has 0 spiro atoms. The van der Waals surface area contributed by atoms with Gasteiger partial charge in [0.25, 0.3) is 0 Å². The first-order valence-corrected chi connectivity index (χ1v) is 14.6. The van der Waals surface area contributed by atoms with Gasteiger partial charge < -0.3 is 15.1 Å². The number of anilines is 4. The molecule has 1 N–H and O–H groups in total. The number of nitrogens with one attached hydrogen (secondary N) is 1. The van der Waals surface area contributed by atoms with Crippen LogP contribution >= 0.6 is 0 Å². The van der Waals surface area contributed by atoms with Crippen LogP contribution in [0.15, 0.2) is 146 Å². The molecule has 4 nitrogen and oxygen atoms in total. The molecule has 5 aromatic carbocycles. The van der Waals surface area contributed by atoms with E-state index >= 15 is 0 Å². The highest BCUT2D eigenvalue weighted by molar-refractivity contribution is 5.81. The van der Waals surface area contributed by atoms with Crippen molar-refractivity contribution in [2.45, 2.75) is 6.54 Å². The highest BCUT2D eigenvalue weighted by Crippen LogP contribution is 2.36. The molecule has 6 aromatic rings. The van der Waals surface area contributed by atoms with Gasteiger partial charge in [-0.15, -0.1) is 0 Å². The van der Waals surface area contributed by atoms with Crippen molar-refractivity contribution >= 4 is 22.7 Å². The van der Waals surface area contributed by atoms with Crippen LogP contribution < -0.4 is 15.1 Å². The van der Waals surface area contributed by atoms with Crippen molar-refractivity contribution in [2.24, 2.45) is 0 Å². The Balaban J connectivity index is 1.41. The van der Waals surface area contributed by atoms with Crippen molar-refractivity contribution in [1.29, 1.82) is 0 Å². The third kappa shape index (κ3) is 6.35. The fourth-order valence-corrected chi connectivity index (χ4v) is 5.33. The molecule has 0 saturated carbocycles. The topological polar surface area (TPSA) is 31.4 Å². The van der Waals surface area contributed by atoms with E-state index in [-0.39, 0.29) is 0 Å². The van der Waals surface area contributed by atoms with Gasteiger partial charge in [-0.3, -0.25) is 0 Å². The molecule has 0 aliphatic heterocycles. The van der Waals surface area contributed by atoms with E-state index < -0.39 is 0 Å². The Bertz CT molecular complexity index is 1720. The van der Waals surface area contributed by atoms with Gasteiger partial charge in [-0.25, -0.2) is 4.98 Å². The van der Waals surface area contributed by atoms with Crippen molar-refractivity contribution in [3.8, 4) is 33.6 Å². The number of para-hydroxylation sites is 2. The van der Waals surface area contributed by atoms with Gasteiger partial charge in [0, 0.05) is 54.5 Å². The van der Waals surface area contributed by atoms with Gasteiger partial charge in [-0.2, -0.15) is 0 Å². The third-order valence-corrected chi connectivity index (χ3v) is 7.62. The molecule has 0 aliphatic rings.